The SMILES string of the molecule is C[C@@H]1CN(C2CCN(c3ccc(Cl)c(Cl)c3)C2=O)C[C@H]1C(=O)O. The van der Waals surface area contributed by atoms with Crippen LogP contribution in [-0.2, 0) is 9.59 Å². The minimum Gasteiger partial charge on any atom is -0.481 e. The van der Waals surface area contributed by atoms with E-state index in [-0.39, 0.29) is 17.9 Å². The monoisotopic (exact) mass is 356 g/mol. The summed E-state index contributed by atoms with van der Waals surface area (Å²) in [6, 6.07) is 4.90. The summed E-state index contributed by atoms with van der Waals surface area (Å²) in [5, 5.41) is 10.1. The molecule has 2 aliphatic rings. The van der Waals surface area contributed by atoms with Crippen molar-refractivity contribution in [3.63, 3.8) is 0 Å². The van der Waals surface area contributed by atoms with Crippen molar-refractivity contribution in [1.82, 2.24) is 4.90 Å². The smallest absolute Gasteiger partial charge is 0.308 e. The summed E-state index contributed by atoms with van der Waals surface area (Å²) in [6.07, 6.45) is 0.693. The highest BCUT2D eigenvalue weighted by molar-refractivity contribution is 6.42. The Balaban J connectivity index is 1.74. The number of anilines is 1. The topological polar surface area (TPSA) is 60.9 Å². The molecule has 0 aromatic heterocycles. The van der Waals surface area contributed by atoms with Gasteiger partial charge in [0.05, 0.1) is 22.0 Å². The molecule has 3 rings (SSSR count). The third-order valence-electron chi connectivity index (χ3n) is 4.79. The van der Waals surface area contributed by atoms with Crippen molar-refractivity contribution < 1.29 is 14.7 Å². The summed E-state index contributed by atoms with van der Waals surface area (Å²) in [7, 11) is 0. The Morgan fingerprint density at radius 3 is 2.61 bits per heavy atom. The van der Waals surface area contributed by atoms with Gasteiger partial charge in [-0.15, -0.1) is 0 Å². The van der Waals surface area contributed by atoms with Crippen molar-refractivity contribution >= 4 is 40.8 Å². The lowest BCUT2D eigenvalue weighted by molar-refractivity contribution is -0.142. The van der Waals surface area contributed by atoms with Gasteiger partial charge in [-0.2, -0.15) is 0 Å². The minimum atomic E-state index is -0.785. The van der Waals surface area contributed by atoms with Crippen LogP contribution in [0.1, 0.15) is 13.3 Å². The second kappa shape index (κ2) is 6.30. The van der Waals surface area contributed by atoms with Crippen LogP contribution in [0.5, 0.6) is 0 Å². The van der Waals surface area contributed by atoms with Gasteiger partial charge in [0.1, 0.15) is 0 Å². The molecule has 23 heavy (non-hydrogen) atoms. The minimum absolute atomic E-state index is 0.00151. The standard InChI is InChI=1S/C16H18Cl2N2O3/c1-9-7-19(8-11(9)16(22)23)14-4-5-20(15(14)21)10-2-3-12(17)13(18)6-10/h2-3,6,9,11,14H,4-5,7-8H2,1H3,(H,22,23)/t9-,11-,14?/m1/s1. The summed E-state index contributed by atoms with van der Waals surface area (Å²) < 4.78 is 0. The molecule has 2 fully saturated rings. The number of carbonyl (C=O) groups is 2. The molecule has 1 aromatic rings. The maximum absolute atomic E-state index is 12.7. The molecular weight excluding hydrogens is 339 g/mol. The first kappa shape index (κ1) is 16.6. The summed E-state index contributed by atoms with van der Waals surface area (Å²) in [4.78, 5) is 27.7. The molecule has 124 valence electrons. The van der Waals surface area contributed by atoms with E-state index in [1.54, 1.807) is 23.1 Å². The predicted molar refractivity (Wildman–Crippen MR) is 89.1 cm³/mol. The summed E-state index contributed by atoms with van der Waals surface area (Å²) in [6.45, 7) is 3.60. The van der Waals surface area contributed by atoms with Gasteiger partial charge in [-0.3, -0.25) is 14.5 Å². The molecule has 1 aromatic carbocycles. The fourth-order valence-electron chi connectivity index (χ4n) is 3.49. The largest absolute Gasteiger partial charge is 0.481 e. The van der Waals surface area contributed by atoms with Crippen LogP contribution >= 0.6 is 23.2 Å². The van der Waals surface area contributed by atoms with E-state index >= 15 is 0 Å². The van der Waals surface area contributed by atoms with Gasteiger partial charge in [0.15, 0.2) is 0 Å². The van der Waals surface area contributed by atoms with Crippen molar-refractivity contribution in [3.05, 3.63) is 28.2 Å². The number of carboxylic acid groups (broad SMARTS) is 1. The lowest BCUT2D eigenvalue weighted by Gasteiger charge is -2.23. The third kappa shape index (κ3) is 3.05. The van der Waals surface area contributed by atoms with Crippen LogP contribution in [0.4, 0.5) is 5.69 Å². The van der Waals surface area contributed by atoms with E-state index in [1.165, 1.54) is 0 Å². The Kier molecular flexibility index (Phi) is 4.54. The highest BCUT2D eigenvalue weighted by Gasteiger charge is 2.43. The molecule has 0 spiro atoms. The first-order valence-corrected chi connectivity index (χ1v) is 8.37. The fraction of sp³-hybridized carbons (Fsp3) is 0.500. The molecule has 0 radical (unpaired) electrons. The molecule has 7 heteroatoms. The van der Waals surface area contributed by atoms with E-state index in [0.29, 0.717) is 36.1 Å². The van der Waals surface area contributed by atoms with Gasteiger partial charge in [0.25, 0.3) is 0 Å². The molecule has 5 nitrogen and oxygen atoms in total. The number of rotatable bonds is 3. The Bertz CT molecular complexity index is 652. The molecule has 2 heterocycles. The van der Waals surface area contributed by atoms with E-state index in [1.807, 2.05) is 11.8 Å². The number of nitrogens with zero attached hydrogens (tertiary/aromatic N) is 2. The van der Waals surface area contributed by atoms with E-state index in [0.717, 1.165) is 5.69 Å². The van der Waals surface area contributed by atoms with Crippen molar-refractivity contribution in [2.75, 3.05) is 24.5 Å². The second-order valence-electron chi connectivity index (χ2n) is 6.27. The van der Waals surface area contributed by atoms with Gasteiger partial charge in [-0.05, 0) is 30.5 Å². The van der Waals surface area contributed by atoms with Gasteiger partial charge in [-0.25, -0.2) is 0 Å². The molecule has 1 unspecified atom stereocenters. The van der Waals surface area contributed by atoms with Crippen molar-refractivity contribution in [2.45, 2.75) is 19.4 Å². The van der Waals surface area contributed by atoms with Crippen LogP contribution in [0.25, 0.3) is 0 Å². The van der Waals surface area contributed by atoms with E-state index in [2.05, 4.69) is 0 Å². The maximum atomic E-state index is 12.7. The Morgan fingerprint density at radius 2 is 2.00 bits per heavy atom. The van der Waals surface area contributed by atoms with Gasteiger partial charge < -0.3 is 10.0 Å². The van der Waals surface area contributed by atoms with Crippen LogP contribution in [0.3, 0.4) is 0 Å². The first-order chi connectivity index (χ1) is 10.9. The zero-order valence-electron chi connectivity index (χ0n) is 12.7. The summed E-state index contributed by atoms with van der Waals surface area (Å²) in [5.74, 6) is -1.13. The number of carboxylic acids is 1. The lowest BCUT2D eigenvalue weighted by Crippen LogP contribution is -2.41. The number of likely N-dealkylation sites (tertiary alicyclic amines) is 1. The maximum Gasteiger partial charge on any atom is 0.308 e. The molecule has 0 saturated carbocycles. The number of amides is 1. The van der Waals surface area contributed by atoms with Gasteiger partial charge in [0, 0.05) is 25.3 Å². The number of aliphatic carboxylic acids is 1. The van der Waals surface area contributed by atoms with Crippen molar-refractivity contribution in [3.8, 4) is 0 Å². The highest BCUT2D eigenvalue weighted by Crippen LogP contribution is 2.33. The molecule has 1 amide bonds. The summed E-state index contributed by atoms with van der Waals surface area (Å²) in [5.41, 5.74) is 0.730. The van der Waals surface area contributed by atoms with Crippen LogP contribution < -0.4 is 4.90 Å². The van der Waals surface area contributed by atoms with Crippen LogP contribution in [0, 0.1) is 11.8 Å². The van der Waals surface area contributed by atoms with Crippen LogP contribution in [-0.4, -0.2) is 47.6 Å². The number of carbonyl (C=O) groups excluding carboxylic acids is 1. The Hall–Kier alpha value is -1.30. The fourth-order valence-corrected chi connectivity index (χ4v) is 3.79. The number of halogens is 2. The zero-order valence-corrected chi connectivity index (χ0v) is 14.2. The normalized spacial score (nSPS) is 28.6. The quantitative estimate of drug-likeness (QED) is 0.904. The molecule has 0 bridgehead atoms. The van der Waals surface area contributed by atoms with Crippen LogP contribution in [0.15, 0.2) is 18.2 Å². The predicted octanol–water partition coefficient (Wildman–Crippen LogP) is 2.75. The number of hydrogen-bond donors (Lipinski definition) is 1. The molecule has 3 atom stereocenters. The zero-order chi connectivity index (χ0) is 16.7. The van der Waals surface area contributed by atoms with E-state index in [4.69, 9.17) is 23.2 Å². The van der Waals surface area contributed by atoms with Gasteiger partial charge in [0.2, 0.25) is 5.91 Å². The molecule has 2 aliphatic heterocycles. The second-order valence-corrected chi connectivity index (χ2v) is 7.08. The highest BCUT2D eigenvalue weighted by atomic mass is 35.5. The first-order valence-electron chi connectivity index (χ1n) is 7.61. The molecular formula is C16H18Cl2N2O3. The summed E-state index contributed by atoms with van der Waals surface area (Å²) >= 11 is 11.9. The average Bonchev–Trinajstić information content (AvgIpc) is 3.05. The Morgan fingerprint density at radius 1 is 1.26 bits per heavy atom. The number of hydrogen-bond acceptors (Lipinski definition) is 3. The van der Waals surface area contributed by atoms with Crippen LogP contribution in [0.2, 0.25) is 10.0 Å². The lowest BCUT2D eigenvalue weighted by atomic mass is 9.99. The number of benzene rings is 1. The van der Waals surface area contributed by atoms with E-state index in [9.17, 15) is 14.7 Å². The van der Waals surface area contributed by atoms with Gasteiger partial charge in [-0.1, -0.05) is 30.1 Å². The third-order valence-corrected chi connectivity index (χ3v) is 5.53. The van der Waals surface area contributed by atoms with Crippen molar-refractivity contribution in [1.29, 1.82) is 0 Å². The Labute approximate surface area is 144 Å². The molecule has 2 saturated heterocycles. The van der Waals surface area contributed by atoms with Crippen molar-refractivity contribution in [2.24, 2.45) is 11.8 Å². The van der Waals surface area contributed by atoms with Gasteiger partial charge >= 0.3 is 5.97 Å². The molecule has 1 N–H and O–H groups in total. The average molecular weight is 357 g/mol. The van der Waals surface area contributed by atoms with E-state index < -0.39 is 11.9 Å². The molecule has 0 aliphatic carbocycles.